The van der Waals surface area contributed by atoms with Gasteiger partial charge in [0.15, 0.2) is 0 Å². The van der Waals surface area contributed by atoms with E-state index in [2.05, 4.69) is 10.6 Å². The summed E-state index contributed by atoms with van der Waals surface area (Å²) in [5.74, 6) is -1.85. The van der Waals surface area contributed by atoms with Crippen LogP contribution in [0.1, 0.15) is 31.9 Å². The molecule has 0 spiro atoms. The molecule has 0 fully saturated rings. The molecule has 3 unspecified atom stereocenters. The summed E-state index contributed by atoms with van der Waals surface area (Å²) in [5, 5.41) is 15.2. The number of carbonyl (C=O) groups excluding carboxylic acids is 2. The fraction of sp³-hybridized carbons (Fsp3) is 0.526. The van der Waals surface area contributed by atoms with Crippen LogP contribution in [0.3, 0.4) is 0 Å². The number of aliphatic carboxylic acids is 1. The quantitative estimate of drug-likeness (QED) is 0.695. The first-order valence-electron chi connectivity index (χ1n) is 8.84. The van der Waals surface area contributed by atoms with Gasteiger partial charge >= 0.3 is 5.97 Å². The Morgan fingerprint density at radius 2 is 1.77 bits per heavy atom. The molecular formula is C19H27N3O4. The van der Waals surface area contributed by atoms with E-state index in [9.17, 15) is 19.5 Å². The van der Waals surface area contributed by atoms with Crippen LogP contribution in [-0.2, 0) is 27.3 Å². The van der Waals surface area contributed by atoms with Crippen molar-refractivity contribution in [2.75, 3.05) is 7.05 Å². The molecule has 1 aromatic carbocycles. The first-order valence-corrected chi connectivity index (χ1v) is 8.84. The van der Waals surface area contributed by atoms with Gasteiger partial charge in [-0.15, -0.1) is 0 Å². The van der Waals surface area contributed by atoms with Crippen molar-refractivity contribution in [3.63, 3.8) is 0 Å². The molecule has 3 N–H and O–H groups in total. The summed E-state index contributed by atoms with van der Waals surface area (Å²) >= 11 is 0. The van der Waals surface area contributed by atoms with Gasteiger partial charge in [-0.3, -0.25) is 9.59 Å². The highest BCUT2D eigenvalue weighted by Crippen LogP contribution is 2.25. The van der Waals surface area contributed by atoms with Gasteiger partial charge in [-0.1, -0.05) is 38.1 Å². The molecule has 26 heavy (non-hydrogen) atoms. The lowest BCUT2D eigenvalue weighted by molar-refractivity contribution is -0.153. The highest BCUT2D eigenvalue weighted by atomic mass is 16.4. The number of carboxylic acids is 1. The molecule has 7 nitrogen and oxygen atoms in total. The third-order valence-electron chi connectivity index (χ3n) is 4.87. The lowest BCUT2D eigenvalue weighted by Gasteiger charge is -2.37. The minimum Gasteiger partial charge on any atom is -0.480 e. The smallest absolute Gasteiger partial charge is 0.326 e. The highest BCUT2D eigenvalue weighted by molar-refractivity contribution is 5.92. The predicted octanol–water partition coefficient (Wildman–Crippen LogP) is 0.773. The Morgan fingerprint density at radius 1 is 1.15 bits per heavy atom. The average Bonchev–Trinajstić information content (AvgIpc) is 2.63. The van der Waals surface area contributed by atoms with Crippen molar-refractivity contribution in [1.82, 2.24) is 15.5 Å². The molecule has 1 aromatic rings. The number of carbonyl (C=O) groups is 3. The van der Waals surface area contributed by atoms with E-state index in [1.54, 1.807) is 14.0 Å². The molecule has 2 amide bonds. The summed E-state index contributed by atoms with van der Waals surface area (Å²) in [6.07, 6.45) is 0.267. The molecule has 1 heterocycles. The van der Waals surface area contributed by atoms with Crippen molar-refractivity contribution >= 4 is 17.8 Å². The fourth-order valence-corrected chi connectivity index (χ4v) is 3.08. The number of nitrogens with one attached hydrogen (secondary N) is 2. The molecule has 0 bridgehead atoms. The van der Waals surface area contributed by atoms with Crippen LogP contribution in [-0.4, -0.2) is 53.0 Å². The monoisotopic (exact) mass is 361 g/mol. The summed E-state index contributed by atoms with van der Waals surface area (Å²) in [5.41, 5.74) is 1.88. The molecule has 1 aliphatic rings. The van der Waals surface area contributed by atoms with Crippen LogP contribution < -0.4 is 10.6 Å². The van der Waals surface area contributed by atoms with Gasteiger partial charge in [-0.25, -0.2) is 4.79 Å². The topological polar surface area (TPSA) is 98.7 Å². The largest absolute Gasteiger partial charge is 0.480 e. The predicted molar refractivity (Wildman–Crippen MR) is 97.4 cm³/mol. The second-order valence-electron chi connectivity index (χ2n) is 7.03. The van der Waals surface area contributed by atoms with Gasteiger partial charge in [-0.2, -0.15) is 0 Å². The zero-order valence-corrected chi connectivity index (χ0v) is 15.7. The number of hydrogen-bond acceptors (Lipinski definition) is 4. The molecule has 0 aromatic heterocycles. The Labute approximate surface area is 153 Å². The van der Waals surface area contributed by atoms with E-state index >= 15 is 0 Å². The average molecular weight is 361 g/mol. The van der Waals surface area contributed by atoms with E-state index in [-0.39, 0.29) is 30.7 Å². The molecule has 1 aliphatic heterocycles. The zero-order valence-electron chi connectivity index (χ0n) is 15.7. The molecule has 0 aliphatic carbocycles. The van der Waals surface area contributed by atoms with Crippen LogP contribution >= 0.6 is 0 Å². The number of benzene rings is 1. The molecule has 142 valence electrons. The van der Waals surface area contributed by atoms with E-state index in [1.807, 2.05) is 38.1 Å². The number of nitrogens with zero attached hydrogens (tertiary/aromatic N) is 1. The van der Waals surface area contributed by atoms with Gasteiger partial charge in [0.05, 0.1) is 6.04 Å². The Balaban J connectivity index is 2.28. The van der Waals surface area contributed by atoms with Gasteiger partial charge in [0.2, 0.25) is 11.8 Å². The van der Waals surface area contributed by atoms with Crippen molar-refractivity contribution in [3.8, 4) is 0 Å². The van der Waals surface area contributed by atoms with Crippen LogP contribution in [0.5, 0.6) is 0 Å². The Kier molecular flexibility index (Phi) is 6.37. The molecule has 3 atom stereocenters. The molecule has 0 saturated carbocycles. The van der Waals surface area contributed by atoms with Crippen molar-refractivity contribution in [2.24, 2.45) is 5.92 Å². The maximum atomic E-state index is 13.1. The maximum Gasteiger partial charge on any atom is 0.326 e. The summed E-state index contributed by atoms with van der Waals surface area (Å²) in [4.78, 5) is 38.5. The molecular weight excluding hydrogens is 334 g/mol. The summed E-state index contributed by atoms with van der Waals surface area (Å²) < 4.78 is 0. The minimum absolute atomic E-state index is 0.165. The molecule has 0 saturated heterocycles. The third kappa shape index (κ3) is 4.22. The van der Waals surface area contributed by atoms with Gasteiger partial charge < -0.3 is 20.6 Å². The normalized spacial score (nSPS) is 18.8. The standard InChI is InChI=1S/C19H27N3O4/c1-11(2)16(21-17(23)12(3)20-4)18(24)22-10-14-8-6-5-7-13(14)9-15(22)19(25)26/h5-8,11-12,15-16,20H,9-10H2,1-4H3,(H,21,23)(H,25,26). The van der Waals surface area contributed by atoms with Gasteiger partial charge in [0.1, 0.15) is 12.1 Å². The number of amides is 2. The number of hydrogen-bond donors (Lipinski definition) is 3. The summed E-state index contributed by atoms with van der Waals surface area (Å²) in [6.45, 7) is 5.60. The van der Waals surface area contributed by atoms with Crippen molar-refractivity contribution in [2.45, 2.75) is 51.9 Å². The number of carboxylic acid groups (broad SMARTS) is 1. The van der Waals surface area contributed by atoms with Crippen LogP contribution in [0.15, 0.2) is 24.3 Å². The van der Waals surface area contributed by atoms with Crippen LogP contribution in [0.25, 0.3) is 0 Å². The van der Waals surface area contributed by atoms with Gasteiger partial charge in [0.25, 0.3) is 0 Å². The Bertz CT molecular complexity index is 689. The first kappa shape index (κ1) is 19.9. The van der Waals surface area contributed by atoms with E-state index in [4.69, 9.17) is 0 Å². The van der Waals surface area contributed by atoms with E-state index in [0.717, 1.165) is 11.1 Å². The third-order valence-corrected chi connectivity index (χ3v) is 4.87. The first-order chi connectivity index (χ1) is 12.3. The van der Waals surface area contributed by atoms with E-state index < -0.39 is 24.1 Å². The molecule has 2 rings (SSSR count). The number of rotatable bonds is 6. The Morgan fingerprint density at radius 3 is 2.31 bits per heavy atom. The minimum atomic E-state index is -1.04. The maximum absolute atomic E-state index is 13.1. The molecule has 7 heteroatoms. The van der Waals surface area contributed by atoms with Crippen LogP contribution in [0, 0.1) is 5.92 Å². The fourth-order valence-electron chi connectivity index (χ4n) is 3.08. The lowest BCUT2D eigenvalue weighted by atomic mass is 9.92. The Hall–Kier alpha value is -2.41. The number of fused-ring (bicyclic) bond motifs is 1. The highest BCUT2D eigenvalue weighted by Gasteiger charge is 2.39. The van der Waals surface area contributed by atoms with Gasteiger partial charge in [0, 0.05) is 13.0 Å². The van der Waals surface area contributed by atoms with Crippen LogP contribution in [0.2, 0.25) is 0 Å². The zero-order chi connectivity index (χ0) is 19.4. The van der Waals surface area contributed by atoms with E-state index in [0.29, 0.717) is 0 Å². The summed E-state index contributed by atoms with van der Waals surface area (Å²) in [7, 11) is 1.67. The summed E-state index contributed by atoms with van der Waals surface area (Å²) in [6, 6.07) is 5.39. The van der Waals surface area contributed by atoms with Gasteiger partial charge in [-0.05, 0) is 31.0 Å². The van der Waals surface area contributed by atoms with Crippen molar-refractivity contribution in [1.29, 1.82) is 0 Å². The van der Waals surface area contributed by atoms with Crippen molar-refractivity contribution in [3.05, 3.63) is 35.4 Å². The second kappa shape index (κ2) is 8.31. The second-order valence-corrected chi connectivity index (χ2v) is 7.03. The van der Waals surface area contributed by atoms with Crippen molar-refractivity contribution < 1.29 is 19.5 Å². The number of likely N-dealkylation sites (N-methyl/N-ethyl adjacent to an activating group) is 1. The van der Waals surface area contributed by atoms with E-state index in [1.165, 1.54) is 4.90 Å². The van der Waals surface area contributed by atoms with Crippen LogP contribution in [0.4, 0.5) is 0 Å². The molecule has 0 radical (unpaired) electrons. The SMILES string of the molecule is CNC(C)C(=O)NC(C(=O)N1Cc2ccccc2CC1C(=O)O)C(C)C. The lowest BCUT2D eigenvalue weighted by Crippen LogP contribution is -2.58.